The zero-order valence-electron chi connectivity index (χ0n) is 15.1. The third kappa shape index (κ3) is 4.07. The first-order chi connectivity index (χ1) is 12.9. The first-order valence-electron chi connectivity index (χ1n) is 8.58. The van der Waals surface area contributed by atoms with Gasteiger partial charge in [-0.25, -0.2) is 0 Å². The minimum Gasteiger partial charge on any atom is -0.434 e. The van der Waals surface area contributed by atoms with Crippen LogP contribution in [0.25, 0.3) is 0 Å². The predicted molar refractivity (Wildman–Crippen MR) is 97.1 cm³/mol. The van der Waals surface area contributed by atoms with Crippen molar-refractivity contribution < 1.29 is 23.1 Å². The number of alkyl halides is 2. The summed E-state index contributed by atoms with van der Waals surface area (Å²) in [5, 5.41) is 0. The van der Waals surface area contributed by atoms with Crippen molar-refractivity contribution in [2.45, 2.75) is 26.5 Å². The Bertz CT molecular complexity index is 839. The Morgan fingerprint density at radius 2 is 1.81 bits per heavy atom. The quantitative estimate of drug-likeness (QED) is 0.823. The molecule has 1 saturated heterocycles. The van der Waals surface area contributed by atoms with Gasteiger partial charge in [-0.3, -0.25) is 9.59 Å². The average Bonchev–Trinajstić information content (AvgIpc) is 2.63. The van der Waals surface area contributed by atoms with Crippen LogP contribution in [0.5, 0.6) is 5.75 Å². The number of benzene rings is 2. The number of carbonyl (C=O) groups is 2. The van der Waals surface area contributed by atoms with Crippen LogP contribution in [0.2, 0.25) is 0 Å². The summed E-state index contributed by atoms with van der Waals surface area (Å²) in [6, 6.07) is 13.1. The largest absolute Gasteiger partial charge is 0.434 e. The smallest absolute Gasteiger partial charge is 0.387 e. The molecule has 0 N–H and O–H groups in total. The lowest BCUT2D eigenvalue weighted by Gasteiger charge is -2.39. The molecule has 2 amide bonds. The van der Waals surface area contributed by atoms with Crippen LogP contribution in [0.1, 0.15) is 22.8 Å². The van der Waals surface area contributed by atoms with Gasteiger partial charge in [-0.2, -0.15) is 8.78 Å². The Kier molecular flexibility index (Phi) is 5.39. The number of halogens is 2. The lowest BCUT2D eigenvalue weighted by Crippen LogP contribution is -2.57. The minimum atomic E-state index is -3.03. The number of piperazine rings is 1. The maximum absolute atomic E-state index is 12.9. The van der Waals surface area contributed by atoms with E-state index < -0.39 is 12.5 Å². The molecule has 5 nitrogen and oxygen atoms in total. The van der Waals surface area contributed by atoms with Crippen LogP contribution in [-0.2, 0) is 4.79 Å². The molecule has 1 heterocycles. The van der Waals surface area contributed by atoms with Crippen molar-refractivity contribution in [1.29, 1.82) is 0 Å². The van der Waals surface area contributed by atoms with Crippen molar-refractivity contribution in [3.63, 3.8) is 0 Å². The number of aryl methyl sites for hydroxylation is 1. The third-order valence-corrected chi connectivity index (χ3v) is 4.53. The van der Waals surface area contributed by atoms with Crippen LogP contribution in [0, 0.1) is 6.92 Å². The van der Waals surface area contributed by atoms with Gasteiger partial charge in [0.2, 0.25) is 5.91 Å². The molecular weight excluding hydrogens is 354 g/mol. The monoisotopic (exact) mass is 374 g/mol. The third-order valence-electron chi connectivity index (χ3n) is 4.53. The lowest BCUT2D eigenvalue weighted by molar-refractivity contribution is -0.121. The van der Waals surface area contributed by atoms with E-state index in [1.54, 1.807) is 11.0 Å². The molecule has 7 heteroatoms. The van der Waals surface area contributed by atoms with Gasteiger partial charge in [0.15, 0.2) is 0 Å². The minimum absolute atomic E-state index is 0.0150. The molecule has 0 aromatic heterocycles. The summed E-state index contributed by atoms with van der Waals surface area (Å²) in [5.74, 6) is -0.925. The second-order valence-corrected chi connectivity index (χ2v) is 6.50. The summed E-state index contributed by atoms with van der Waals surface area (Å²) in [7, 11) is 0. The van der Waals surface area contributed by atoms with Crippen molar-refractivity contribution in [3.8, 4) is 5.75 Å². The maximum Gasteiger partial charge on any atom is 0.387 e. The zero-order chi connectivity index (χ0) is 19.6. The Balaban J connectivity index is 1.80. The first kappa shape index (κ1) is 18.8. The Hall–Kier alpha value is -2.96. The van der Waals surface area contributed by atoms with Crippen LogP contribution in [-0.4, -0.2) is 42.5 Å². The molecule has 0 saturated carbocycles. The number of amides is 2. The van der Waals surface area contributed by atoms with Crippen LogP contribution in [0.4, 0.5) is 14.5 Å². The van der Waals surface area contributed by atoms with Gasteiger partial charge in [-0.1, -0.05) is 29.8 Å². The summed E-state index contributed by atoms with van der Waals surface area (Å²) >= 11 is 0. The highest BCUT2D eigenvalue weighted by molar-refractivity contribution is 6.03. The van der Waals surface area contributed by atoms with E-state index in [4.69, 9.17) is 0 Å². The summed E-state index contributed by atoms with van der Waals surface area (Å²) in [4.78, 5) is 28.5. The number of hydrogen-bond acceptors (Lipinski definition) is 3. The molecule has 1 atom stereocenters. The molecule has 2 aromatic rings. The Labute approximate surface area is 156 Å². The lowest BCUT2D eigenvalue weighted by atomic mass is 10.1. The summed E-state index contributed by atoms with van der Waals surface area (Å²) in [6.45, 7) is 0.949. The van der Waals surface area contributed by atoms with Gasteiger partial charge < -0.3 is 14.5 Å². The highest BCUT2D eigenvalue weighted by Crippen LogP contribution is 2.26. The van der Waals surface area contributed by atoms with Crippen LogP contribution >= 0.6 is 0 Å². The highest BCUT2D eigenvalue weighted by atomic mass is 19.3. The van der Waals surface area contributed by atoms with Gasteiger partial charge in [0, 0.05) is 18.3 Å². The molecule has 27 heavy (non-hydrogen) atoms. The fraction of sp³-hybridized carbons (Fsp3) is 0.300. The first-order valence-corrected chi connectivity index (χ1v) is 8.58. The number of anilines is 1. The summed E-state index contributed by atoms with van der Waals surface area (Å²) in [5.41, 5.74) is 1.87. The number of rotatable bonds is 4. The SMILES string of the molecule is Cc1ccc(N2CC(C)N(C(=O)c3ccccc3OC(F)F)CC2=O)cc1. The van der Waals surface area contributed by atoms with Crippen LogP contribution in [0.3, 0.4) is 0 Å². The van der Waals surface area contributed by atoms with Gasteiger partial charge in [0.05, 0.1) is 5.56 Å². The summed E-state index contributed by atoms with van der Waals surface area (Å²) < 4.78 is 29.7. The number of carbonyl (C=O) groups excluding carboxylic acids is 2. The second kappa shape index (κ2) is 7.73. The molecular formula is C20H20F2N2O3. The molecule has 142 valence electrons. The molecule has 1 fully saturated rings. The number of ether oxygens (including phenoxy) is 1. The predicted octanol–water partition coefficient (Wildman–Crippen LogP) is 3.47. The topological polar surface area (TPSA) is 49.9 Å². The number of para-hydroxylation sites is 1. The van der Waals surface area contributed by atoms with Gasteiger partial charge in [-0.05, 0) is 38.1 Å². The van der Waals surface area contributed by atoms with Gasteiger partial charge in [0.25, 0.3) is 5.91 Å². The van der Waals surface area contributed by atoms with Crippen molar-refractivity contribution in [1.82, 2.24) is 4.90 Å². The Morgan fingerprint density at radius 1 is 1.15 bits per heavy atom. The van der Waals surface area contributed by atoms with Gasteiger partial charge in [0.1, 0.15) is 12.3 Å². The molecule has 1 unspecified atom stereocenters. The maximum atomic E-state index is 12.9. The fourth-order valence-electron chi connectivity index (χ4n) is 3.09. The van der Waals surface area contributed by atoms with E-state index in [-0.39, 0.29) is 29.8 Å². The standard InChI is InChI=1S/C20H20F2N2O3/c1-13-7-9-15(10-8-13)24-11-14(2)23(12-18(24)25)19(26)16-5-3-4-6-17(16)27-20(21)22/h3-10,14,20H,11-12H2,1-2H3. The van der Waals surface area contributed by atoms with E-state index in [1.807, 2.05) is 38.1 Å². The van der Waals surface area contributed by atoms with E-state index in [1.165, 1.54) is 23.1 Å². The Morgan fingerprint density at radius 3 is 2.48 bits per heavy atom. The second-order valence-electron chi connectivity index (χ2n) is 6.50. The van der Waals surface area contributed by atoms with Crippen LogP contribution in [0.15, 0.2) is 48.5 Å². The normalized spacial score (nSPS) is 17.4. The zero-order valence-corrected chi connectivity index (χ0v) is 15.1. The van der Waals surface area contributed by atoms with Gasteiger partial charge in [-0.15, -0.1) is 0 Å². The van der Waals surface area contributed by atoms with Crippen molar-refractivity contribution in [2.75, 3.05) is 18.0 Å². The summed E-state index contributed by atoms with van der Waals surface area (Å²) in [6.07, 6.45) is 0. The number of hydrogen-bond donors (Lipinski definition) is 0. The highest BCUT2D eigenvalue weighted by Gasteiger charge is 2.34. The molecule has 3 rings (SSSR count). The molecule has 0 aliphatic carbocycles. The van der Waals surface area contributed by atoms with Crippen molar-refractivity contribution in [2.24, 2.45) is 0 Å². The van der Waals surface area contributed by atoms with E-state index in [2.05, 4.69) is 4.74 Å². The van der Waals surface area contributed by atoms with E-state index in [0.29, 0.717) is 6.54 Å². The molecule has 1 aliphatic rings. The molecule has 0 radical (unpaired) electrons. The molecule has 1 aliphatic heterocycles. The van der Waals surface area contributed by atoms with E-state index in [9.17, 15) is 18.4 Å². The molecule has 0 bridgehead atoms. The number of nitrogens with zero attached hydrogens (tertiary/aromatic N) is 2. The van der Waals surface area contributed by atoms with Crippen molar-refractivity contribution >= 4 is 17.5 Å². The van der Waals surface area contributed by atoms with Crippen LogP contribution < -0.4 is 9.64 Å². The van der Waals surface area contributed by atoms with Gasteiger partial charge >= 0.3 is 6.61 Å². The fourth-order valence-corrected chi connectivity index (χ4v) is 3.09. The van der Waals surface area contributed by atoms with Crippen molar-refractivity contribution in [3.05, 3.63) is 59.7 Å². The molecule has 2 aromatic carbocycles. The van der Waals surface area contributed by atoms with E-state index >= 15 is 0 Å². The van der Waals surface area contributed by atoms with E-state index in [0.717, 1.165) is 11.3 Å². The molecule has 0 spiro atoms. The average molecular weight is 374 g/mol.